The topological polar surface area (TPSA) is 0 Å². The molecule has 0 aliphatic heterocycles. The van der Waals surface area contributed by atoms with Gasteiger partial charge in [-0.25, -0.2) is 4.39 Å². The smallest absolute Gasteiger partial charge is 0.111 e. The fourth-order valence-corrected chi connectivity index (χ4v) is 7.26. The molecule has 0 heterocycles. The molecule has 0 radical (unpaired) electrons. The van der Waals surface area contributed by atoms with Crippen LogP contribution >= 0.6 is 11.6 Å². The van der Waals surface area contributed by atoms with Gasteiger partial charge in [-0.1, -0.05) is 185 Å². The molecule has 0 spiro atoms. The zero-order chi connectivity index (χ0) is 36.1. The lowest BCUT2D eigenvalue weighted by atomic mass is 9.84. The second-order valence-corrected chi connectivity index (χ2v) is 19.9. The maximum absolute atomic E-state index is 12.2. The summed E-state index contributed by atoms with van der Waals surface area (Å²) < 4.78 is 12.2. The molecule has 48 heavy (non-hydrogen) atoms. The Morgan fingerprint density at radius 1 is 0.396 bits per heavy atom. The highest BCUT2D eigenvalue weighted by atomic mass is 35.5. The van der Waals surface area contributed by atoms with E-state index in [-0.39, 0.29) is 0 Å². The molecule has 8 fully saturated rings. The Bertz CT molecular complexity index is 686. The van der Waals surface area contributed by atoms with Gasteiger partial charge in [0.1, 0.15) is 5.67 Å². The summed E-state index contributed by atoms with van der Waals surface area (Å²) in [4.78, 5) is 0. The fraction of sp³-hybridized carbons (Fsp3) is 1.00. The maximum Gasteiger partial charge on any atom is 0.111 e. The summed E-state index contributed by atoms with van der Waals surface area (Å²) in [7, 11) is 0. The van der Waals surface area contributed by atoms with Crippen LogP contribution in [0, 0.1) is 59.2 Å². The van der Waals surface area contributed by atoms with Crippen LogP contribution in [-0.4, -0.2) is 11.0 Å². The van der Waals surface area contributed by atoms with E-state index in [4.69, 9.17) is 11.6 Å². The molecule has 2 heteroatoms. The Hall–Kier alpha value is 0.220. The number of rotatable bonds is 0. The largest absolute Gasteiger partial charge is 0.244 e. The first kappa shape index (κ1) is 46.2. The molecular weight excluding hydrogens is 607 g/mol. The molecule has 0 aromatic carbocycles. The molecule has 8 aliphatic rings. The van der Waals surface area contributed by atoms with Gasteiger partial charge in [-0.2, -0.15) is 0 Å². The Labute approximate surface area is 309 Å². The maximum atomic E-state index is 12.2. The lowest BCUT2D eigenvalue weighted by molar-refractivity contribution is 0.308. The zero-order valence-corrected chi connectivity index (χ0v) is 35.6. The van der Waals surface area contributed by atoms with Gasteiger partial charge in [0.2, 0.25) is 0 Å². The minimum Gasteiger partial charge on any atom is -0.244 e. The van der Waals surface area contributed by atoms with Crippen molar-refractivity contribution in [1.29, 1.82) is 0 Å². The van der Waals surface area contributed by atoms with Crippen molar-refractivity contribution < 1.29 is 4.39 Å². The van der Waals surface area contributed by atoms with Crippen molar-refractivity contribution in [2.45, 2.75) is 235 Å². The van der Waals surface area contributed by atoms with Crippen molar-refractivity contribution in [3.8, 4) is 0 Å². The van der Waals surface area contributed by atoms with Crippen LogP contribution in [0.25, 0.3) is 0 Å². The van der Waals surface area contributed by atoms with Gasteiger partial charge in [-0.3, -0.25) is 0 Å². The molecule has 0 nitrogen and oxygen atoms in total. The summed E-state index contributed by atoms with van der Waals surface area (Å²) in [6.07, 6.45) is 32.8. The van der Waals surface area contributed by atoms with Crippen LogP contribution in [-0.2, 0) is 0 Å². The molecule has 8 saturated carbocycles. The van der Waals surface area contributed by atoms with Gasteiger partial charge in [0.15, 0.2) is 0 Å². The van der Waals surface area contributed by atoms with Crippen LogP contribution in [0.3, 0.4) is 0 Å². The van der Waals surface area contributed by atoms with Crippen LogP contribution in [0.2, 0.25) is 0 Å². The molecular formula is C46H90ClF. The van der Waals surface area contributed by atoms with E-state index < -0.39 is 5.67 Å². The van der Waals surface area contributed by atoms with Crippen molar-refractivity contribution >= 4 is 11.6 Å². The molecule has 0 saturated heterocycles. The van der Waals surface area contributed by atoms with Crippen LogP contribution in [0.15, 0.2) is 0 Å². The highest BCUT2D eigenvalue weighted by Gasteiger charge is 2.47. The minimum absolute atomic E-state index is 0.331. The Morgan fingerprint density at radius 2 is 0.646 bits per heavy atom. The first-order valence-corrected chi connectivity index (χ1v) is 22.3. The van der Waals surface area contributed by atoms with Crippen molar-refractivity contribution in [3.05, 3.63) is 0 Å². The van der Waals surface area contributed by atoms with Crippen LogP contribution in [0.4, 0.5) is 4.39 Å². The molecule has 6 unspecified atom stereocenters. The van der Waals surface area contributed by atoms with Gasteiger partial charge in [0, 0.05) is 5.38 Å². The summed E-state index contributed by atoms with van der Waals surface area (Å²) in [6, 6.07) is 0. The van der Waals surface area contributed by atoms with Crippen LogP contribution in [0.1, 0.15) is 224 Å². The molecule has 6 atom stereocenters. The predicted molar refractivity (Wildman–Crippen MR) is 217 cm³/mol. The van der Waals surface area contributed by atoms with Crippen molar-refractivity contribution in [3.63, 3.8) is 0 Å². The normalized spacial score (nSPS) is 36.6. The average Bonchev–Trinajstić information content (AvgIpc) is 3.94. The third-order valence-corrected chi connectivity index (χ3v) is 13.2. The lowest BCUT2D eigenvalue weighted by Gasteiger charge is -2.22. The Morgan fingerprint density at radius 3 is 0.750 bits per heavy atom. The standard InChI is InChI=1S/C8H16.C7H14.C6H11Cl.C6H12.C5H9F.2C5H10.C4H8/c1-7-3-5-8(2)6-4-7;1-7-5-3-2-4-6-7;1-5-2-3-6(7)4-5;1-6-4-2-3-5-6;1-4-3-5(4,2)6;1-4-3-5(4)2;1-5-3-2-4-5;1-4-2-3-4/h7-8H,3-6H2,1-2H3;7H,2-6H2,1H3;5-6H,2-4H2,1H3;6H,2-5H2,1H3;4H,3H2,1-2H3;4-5H,3H2,1-2H3;5H,2-4H2,1H3;4H,2-3H2,1H3. The predicted octanol–water partition coefficient (Wildman–Crippen LogP) is 16.7. The molecule has 0 amide bonds. The third-order valence-electron chi connectivity index (χ3n) is 12.8. The van der Waals surface area contributed by atoms with E-state index >= 15 is 0 Å². The second-order valence-electron chi connectivity index (χ2n) is 19.3. The molecule has 288 valence electrons. The summed E-state index contributed by atoms with van der Waals surface area (Å²) >= 11 is 5.81. The van der Waals surface area contributed by atoms with Gasteiger partial charge >= 0.3 is 0 Å². The van der Waals surface area contributed by atoms with Gasteiger partial charge in [-0.15, -0.1) is 11.6 Å². The van der Waals surface area contributed by atoms with E-state index in [0.29, 0.717) is 11.3 Å². The van der Waals surface area contributed by atoms with Crippen LogP contribution in [0.5, 0.6) is 0 Å². The SMILES string of the molecule is CC1CC1.CC1CC1(C)F.CC1CC1C.CC1CCC(C)CC1.CC1CCC(Cl)C1.CC1CCC1.CC1CCCC1.CC1CCCCC1. The first-order chi connectivity index (χ1) is 22.6. The Kier molecular flexibility index (Phi) is 25.1. The molecule has 0 N–H and O–H groups in total. The third kappa shape index (κ3) is 27.9. The number of hydrogen-bond acceptors (Lipinski definition) is 0. The molecule has 0 aromatic rings. The molecule has 8 rings (SSSR count). The summed E-state index contributed by atoms with van der Waals surface area (Å²) in [6.45, 7) is 24.5. The van der Waals surface area contributed by atoms with Gasteiger partial charge in [0.05, 0.1) is 0 Å². The fourth-order valence-electron chi connectivity index (χ4n) is 6.83. The van der Waals surface area contributed by atoms with E-state index in [0.717, 1.165) is 59.7 Å². The summed E-state index contributed by atoms with van der Waals surface area (Å²) in [5.41, 5.74) is -0.792. The molecule has 0 aromatic heterocycles. The van der Waals surface area contributed by atoms with Crippen molar-refractivity contribution in [2.75, 3.05) is 0 Å². The number of halogens is 2. The highest BCUT2D eigenvalue weighted by molar-refractivity contribution is 6.20. The number of alkyl halides is 2. The lowest BCUT2D eigenvalue weighted by Crippen LogP contribution is -2.08. The first-order valence-electron chi connectivity index (χ1n) is 21.9. The van der Waals surface area contributed by atoms with E-state index in [1.165, 1.54) is 141 Å². The zero-order valence-electron chi connectivity index (χ0n) is 34.9. The summed E-state index contributed by atoms with van der Waals surface area (Å²) in [5, 5.41) is 0.495. The van der Waals surface area contributed by atoms with E-state index in [1.54, 1.807) is 6.92 Å². The van der Waals surface area contributed by atoms with E-state index in [2.05, 4.69) is 62.3 Å². The molecule has 0 bridgehead atoms. The summed E-state index contributed by atoms with van der Waals surface area (Å²) in [5.74, 6) is 9.59. The van der Waals surface area contributed by atoms with Gasteiger partial charge in [0.25, 0.3) is 0 Å². The highest BCUT2D eigenvalue weighted by Crippen LogP contribution is 2.45. The minimum atomic E-state index is -0.792. The second kappa shape index (κ2) is 26.1. The van der Waals surface area contributed by atoms with Crippen molar-refractivity contribution in [1.82, 2.24) is 0 Å². The quantitative estimate of drug-likeness (QED) is 0.221. The monoisotopic (exact) mass is 697 g/mol. The molecule has 8 aliphatic carbocycles. The number of hydrogen-bond donors (Lipinski definition) is 0. The average molecular weight is 698 g/mol. The van der Waals surface area contributed by atoms with Gasteiger partial charge in [-0.05, 0) is 98.2 Å². The van der Waals surface area contributed by atoms with Crippen LogP contribution < -0.4 is 0 Å². The van der Waals surface area contributed by atoms with E-state index in [1.807, 2.05) is 6.92 Å². The van der Waals surface area contributed by atoms with Crippen molar-refractivity contribution in [2.24, 2.45) is 59.2 Å². The Balaban J connectivity index is 0.000000276. The van der Waals surface area contributed by atoms with Gasteiger partial charge < -0.3 is 0 Å². The van der Waals surface area contributed by atoms with E-state index in [9.17, 15) is 4.39 Å².